The summed E-state index contributed by atoms with van der Waals surface area (Å²) in [6.45, 7) is 2.66. The van der Waals surface area contributed by atoms with Gasteiger partial charge in [0.1, 0.15) is 18.3 Å². The minimum atomic E-state index is -0.365. The van der Waals surface area contributed by atoms with Crippen LogP contribution >= 0.6 is 11.3 Å². The number of rotatable bonds is 3. The second-order valence-corrected chi connectivity index (χ2v) is 6.74. The molecule has 26 heavy (non-hydrogen) atoms. The van der Waals surface area contributed by atoms with Gasteiger partial charge >= 0.3 is 5.82 Å². The smallest absolute Gasteiger partial charge is 0.358 e. The molecule has 0 atom stereocenters. The first kappa shape index (κ1) is 15.0. The largest absolute Gasteiger partial charge is 0.373 e. The Kier molecular flexibility index (Phi) is 3.25. The number of imidazole rings is 1. The quantitative estimate of drug-likeness (QED) is 0.388. The van der Waals surface area contributed by atoms with Gasteiger partial charge in [-0.2, -0.15) is 13.9 Å². The SMILES string of the molecule is O=[N+]([O-])c1c(N2CCN(c3ccc4nncn4n3)CC2)nc2sccn12. The standard InChI is InChI=1S/C14H13N9O2S/c24-23(25)13-12(16-14-21(13)7-8-26-14)20-5-3-19(4-6-20)11-2-1-10-17-15-9-22(10)18-11/h1-2,7-9H,3-6H2. The molecule has 11 nitrogen and oxygen atoms in total. The first-order valence-corrected chi connectivity index (χ1v) is 8.85. The highest BCUT2D eigenvalue weighted by Gasteiger charge is 2.30. The molecule has 1 fully saturated rings. The van der Waals surface area contributed by atoms with E-state index in [2.05, 4.69) is 25.2 Å². The summed E-state index contributed by atoms with van der Waals surface area (Å²) < 4.78 is 3.17. The summed E-state index contributed by atoms with van der Waals surface area (Å²) in [7, 11) is 0. The van der Waals surface area contributed by atoms with Gasteiger partial charge in [0.25, 0.3) is 4.96 Å². The number of anilines is 2. The van der Waals surface area contributed by atoms with Gasteiger partial charge in [0, 0.05) is 31.6 Å². The van der Waals surface area contributed by atoms with E-state index in [0.29, 0.717) is 42.6 Å². The van der Waals surface area contributed by atoms with Crippen molar-refractivity contribution in [2.24, 2.45) is 0 Å². The van der Waals surface area contributed by atoms with Crippen LogP contribution in [0.4, 0.5) is 17.5 Å². The molecule has 1 aliphatic heterocycles. The molecule has 0 radical (unpaired) electrons. The second-order valence-electron chi connectivity index (χ2n) is 5.87. The summed E-state index contributed by atoms with van der Waals surface area (Å²) in [6.07, 6.45) is 3.25. The summed E-state index contributed by atoms with van der Waals surface area (Å²) in [5.41, 5.74) is 0.695. The Morgan fingerprint density at radius 1 is 1.15 bits per heavy atom. The van der Waals surface area contributed by atoms with E-state index in [1.807, 2.05) is 17.0 Å². The van der Waals surface area contributed by atoms with Gasteiger partial charge in [-0.15, -0.1) is 15.3 Å². The lowest BCUT2D eigenvalue weighted by Gasteiger charge is -2.35. The number of hydrogen-bond donors (Lipinski definition) is 0. The molecule has 1 saturated heterocycles. The minimum Gasteiger partial charge on any atom is -0.358 e. The van der Waals surface area contributed by atoms with Gasteiger partial charge < -0.3 is 19.9 Å². The van der Waals surface area contributed by atoms with Crippen molar-refractivity contribution < 1.29 is 4.92 Å². The minimum absolute atomic E-state index is 0.0266. The van der Waals surface area contributed by atoms with Crippen LogP contribution in [0.1, 0.15) is 0 Å². The van der Waals surface area contributed by atoms with Gasteiger partial charge in [-0.3, -0.25) is 0 Å². The van der Waals surface area contributed by atoms with Gasteiger partial charge in [0.05, 0.1) is 0 Å². The van der Waals surface area contributed by atoms with E-state index < -0.39 is 0 Å². The monoisotopic (exact) mass is 371 g/mol. The maximum atomic E-state index is 11.5. The Hall–Kier alpha value is -3.28. The van der Waals surface area contributed by atoms with E-state index in [4.69, 9.17) is 0 Å². The molecule has 0 N–H and O–H groups in total. The number of piperazine rings is 1. The zero-order valence-electron chi connectivity index (χ0n) is 13.5. The first-order chi connectivity index (χ1) is 12.7. The van der Waals surface area contributed by atoms with Crippen LogP contribution in [0.5, 0.6) is 0 Å². The molecule has 0 saturated carbocycles. The lowest BCUT2D eigenvalue weighted by Crippen LogP contribution is -2.47. The lowest BCUT2D eigenvalue weighted by molar-refractivity contribution is -0.389. The second kappa shape index (κ2) is 5.62. The van der Waals surface area contributed by atoms with Crippen LogP contribution < -0.4 is 9.80 Å². The average Bonchev–Trinajstić information content (AvgIpc) is 3.36. The third kappa shape index (κ3) is 2.26. The Balaban J connectivity index is 1.39. The number of thiazole rings is 1. The molecule has 4 aromatic heterocycles. The third-order valence-electron chi connectivity index (χ3n) is 4.44. The molecule has 0 spiro atoms. The van der Waals surface area contributed by atoms with Gasteiger partial charge in [0.15, 0.2) is 5.65 Å². The zero-order chi connectivity index (χ0) is 17.7. The van der Waals surface area contributed by atoms with E-state index in [1.54, 1.807) is 22.4 Å². The van der Waals surface area contributed by atoms with Crippen LogP contribution in [-0.4, -0.2) is 60.3 Å². The number of nitrogens with zero attached hydrogens (tertiary/aromatic N) is 9. The van der Waals surface area contributed by atoms with Gasteiger partial charge in [0.2, 0.25) is 5.82 Å². The summed E-state index contributed by atoms with van der Waals surface area (Å²) in [4.78, 5) is 20.3. The molecule has 12 heteroatoms. The predicted octanol–water partition coefficient (Wildman–Crippen LogP) is 1.07. The molecule has 132 valence electrons. The highest BCUT2D eigenvalue weighted by molar-refractivity contribution is 7.15. The Bertz CT molecular complexity index is 1110. The molecule has 5 rings (SSSR count). The van der Waals surface area contributed by atoms with Crippen molar-refractivity contribution in [3.05, 3.63) is 40.2 Å². The van der Waals surface area contributed by atoms with E-state index in [9.17, 15) is 10.1 Å². The van der Waals surface area contributed by atoms with Crippen molar-refractivity contribution in [1.29, 1.82) is 0 Å². The number of aromatic nitrogens is 6. The van der Waals surface area contributed by atoms with Gasteiger partial charge in [-0.25, -0.2) is 0 Å². The topological polar surface area (TPSA) is 110 Å². The van der Waals surface area contributed by atoms with Crippen molar-refractivity contribution in [3.63, 3.8) is 0 Å². The molecule has 0 unspecified atom stereocenters. The molecule has 4 aromatic rings. The summed E-state index contributed by atoms with van der Waals surface area (Å²) >= 11 is 1.39. The maximum absolute atomic E-state index is 11.5. The van der Waals surface area contributed by atoms with E-state index in [0.717, 1.165) is 5.82 Å². The molecule has 0 aromatic carbocycles. The maximum Gasteiger partial charge on any atom is 0.373 e. The molecular weight excluding hydrogens is 358 g/mol. The predicted molar refractivity (Wildman–Crippen MR) is 94.9 cm³/mol. The molecule has 0 aliphatic carbocycles. The average molecular weight is 371 g/mol. The number of fused-ring (bicyclic) bond motifs is 2. The van der Waals surface area contributed by atoms with Crippen LogP contribution in [0.2, 0.25) is 0 Å². The fourth-order valence-corrected chi connectivity index (χ4v) is 3.88. The Morgan fingerprint density at radius 2 is 1.96 bits per heavy atom. The van der Waals surface area contributed by atoms with Crippen molar-refractivity contribution in [2.45, 2.75) is 0 Å². The van der Waals surface area contributed by atoms with E-state index >= 15 is 0 Å². The highest BCUT2D eigenvalue weighted by atomic mass is 32.1. The molecule has 5 heterocycles. The fraction of sp³-hybridized carbons (Fsp3) is 0.286. The van der Waals surface area contributed by atoms with Crippen molar-refractivity contribution in [3.8, 4) is 0 Å². The van der Waals surface area contributed by atoms with Gasteiger partial charge in [-0.1, -0.05) is 11.3 Å². The summed E-state index contributed by atoms with van der Waals surface area (Å²) in [6, 6.07) is 3.78. The highest BCUT2D eigenvalue weighted by Crippen LogP contribution is 2.31. The molecule has 0 bridgehead atoms. The van der Waals surface area contributed by atoms with Crippen LogP contribution in [-0.2, 0) is 0 Å². The molecule has 0 amide bonds. The van der Waals surface area contributed by atoms with Crippen LogP contribution in [0, 0.1) is 10.1 Å². The Labute approximate surface area is 150 Å². The van der Waals surface area contributed by atoms with E-state index in [1.165, 1.54) is 15.7 Å². The summed E-state index contributed by atoms with van der Waals surface area (Å²) in [5.74, 6) is 1.29. The zero-order valence-corrected chi connectivity index (χ0v) is 14.3. The van der Waals surface area contributed by atoms with Crippen LogP contribution in [0.15, 0.2) is 30.0 Å². The number of nitro groups is 1. The fourth-order valence-electron chi connectivity index (χ4n) is 3.18. The summed E-state index contributed by atoms with van der Waals surface area (Å²) in [5, 5.41) is 25.6. The van der Waals surface area contributed by atoms with Crippen LogP contribution in [0.3, 0.4) is 0 Å². The molecule has 1 aliphatic rings. The Morgan fingerprint density at radius 3 is 2.77 bits per heavy atom. The first-order valence-electron chi connectivity index (χ1n) is 7.97. The number of hydrogen-bond acceptors (Lipinski definition) is 9. The van der Waals surface area contributed by atoms with Crippen molar-refractivity contribution >= 4 is 39.4 Å². The van der Waals surface area contributed by atoms with Crippen molar-refractivity contribution in [1.82, 2.24) is 29.2 Å². The van der Waals surface area contributed by atoms with E-state index in [-0.39, 0.29) is 10.7 Å². The van der Waals surface area contributed by atoms with Crippen LogP contribution in [0.25, 0.3) is 10.6 Å². The normalized spacial score (nSPS) is 15.2. The molecular formula is C14H13N9O2S. The lowest BCUT2D eigenvalue weighted by atomic mass is 10.3. The third-order valence-corrected chi connectivity index (χ3v) is 5.20. The van der Waals surface area contributed by atoms with Crippen molar-refractivity contribution in [2.75, 3.05) is 36.0 Å². The van der Waals surface area contributed by atoms with Gasteiger partial charge in [-0.05, 0) is 17.1 Å².